The van der Waals surface area contributed by atoms with Crippen molar-refractivity contribution < 1.29 is 14.4 Å². The van der Waals surface area contributed by atoms with Crippen LogP contribution in [0.1, 0.15) is 24.1 Å². The lowest BCUT2D eigenvalue weighted by Crippen LogP contribution is -2.47. The molecular formula is C26H23N3O3S. The molecule has 1 fully saturated rings. The minimum Gasteiger partial charge on any atom is -0.319 e. The highest BCUT2D eigenvalue weighted by Crippen LogP contribution is 2.43. The highest BCUT2D eigenvalue weighted by atomic mass is 32.2. The van der Waals surface area contributed by atoms with E-state index in [0.717, 1.165) is 21.0 Å². The lowest BCUT2D eigenvalue weighted by molar-refractivity contribution is -0.134. The normalized spacial score (nSPS) is 22.2. The number of fused-ring (bicyclic) bond motifs is 1. The van der Waals surface area contributed by atoms with Gasteiger partial charge in [-0.15, -0.1) is 11.8 Å². The van der Waals surface area contributed by atoms with Gasteiger partial charge in [-0.1, -0.05) is 72.8 Å². The summed E-state index contributed by atoms with van der Waals surface area (Å²) in [5.41, 5.74) is 1.29. The molecule has 6 nitrogen and oxygen atoms in total. The Bertz CT molecular complexity index is 1220. The van der Waals surface area contributed by atoms with Crippen molar-refractivity contribution in [2.45, 2.75) is 23.4 Å². The summed E-state index contributed by atoms with van der Waals surface area (Å²) >= 11 is 1.70. The molecule has 0 spiro atoms. The summed E-state index contributed by atoms with van der Waals surface area (Å²) in [5.74, 6) is -0.0327. The zero-order valence-corrected chi connectivity index (χ0v) is 18.9. The van der Waals surface area contributed by atoms with Crippen LogP contribution in [0.5, 0.6) is 0 Å². The molecule has 2 aliphatic heterocycles. The molecule has 0 aliphatic carbocycles. The van der Waals surface area contributed by atoms with Crippen LogP contribution in [0.3, 0.4) is 0 Å². The maximum atomic E-state index is 13.7. The molecule has 166 valence electrons. The first-order valence-electron chi connectivity index (χ1n) is 10.8. The van der Waals surface area contributed by atoms with Crippen molar-refractivity contribution in [2.75, 3.05) is 17.2 Å². The van der Waals surface area contributed by atoms with Gasteiger partial charge in [-0.25, -0.2) is 4.79 Å². The highest BCUT2D eigenvalue weighted by Gasteiger charge is 2.50. The lowest BCUT2D eigenvalue weighted by Gasteiger charge is -2.37. The molecular weight excluding hydrogens is 434 g/mol. The van der Waals surface area contributed by atoms with E-state index in [0.29, 0.717) is 11.3 Å². The van der Waals surface area contributed by atoms with Gasteiger partial charge in [0.25, 0.3) is 5.91 Å². The van der Waals surface area contributed by atoms with Gasteiger partial charge in [0.05, 0.1) is 11.7 Å². The number of rotatable bonds is 4. The Morgan fingerprint density at radius 2 is 1.61 bits per heavy atom. The summed E-state index contributed by atoms with van der Waals surface area (Å²) in [6, 6.07) is 25.9. The van der Waals surface area contributed by atoms with E-state index in [-0.39, 0.29) is 18.5 Å². The lowest BCUT2D eigenvalue weighted by atomic mass is 9.92. The molecule has 0 radical (unpaired) electrons. The van der Waals surface area contributed by atoms with Crippen molar-refractivity contribution in [3.05, 3.63) is 96.1 Å². The van der Waals surface area contributed by atoms with Crippen LogP contribution in [0.15, 0.2) is 89.8 Å². The van der Waals surface area contributed by atoms with Crippen LogP contribution in [0.25, 0.3) is 0 Å². The van der Waals surface area contributed by atoms with E-state index in [1.807, 2.05) is 72.8 Å². The van der Waals surface area contributed by atoms with Gasteiger partial charge < -0.3 is 10.2 Å². The third-order valence-electron chi connectivity index (χ3n) is 6.21. The first-order chi connectivity index (χ1) is 16.0. The first kappa shape index (κ1) is 21.3. The molecule has 3 aromatic carbocycles. The number of imide groups is 1. The predicted molar refractivity (Wildman–Crippen MR) is 128 cm³/mol. The minimum absolute atomic E-state index is 0.195. The number of urea groups is 1. The van der Waals surface area contributed by atoms with Gasteiger partial charge in [-0.2, -0.15) is 0 Å². The maximum absolute atomic E-state index is 13.7. The van der Waals surface area contributed by atoms with E-state index in [1.54, 1.807) is 35.7 Å². The molecule has 2 aliphatic rings. The summed E-state index contributed by atoms with van der Waals surface area (Å²) in [7, 11) is 0. The molecule has 2 atom stereocenters. The Kier molecular flexibility index (Phi) is 5.42. The molecule has 0 saturated carbocycles. The van der Waals surface area contributed by atoms with Crippen LogP contribution < -0.4 is 10.2 Å². The van der Waals surface area contributed by atoms with Gasteiger partial charge in [0.1, 0.15) is 12.1 Å². The quantitative estimate of drug-likeness (QED) is 0.592. The number of hydrogen-bond donors (Lipinski definition) is 1. The number of thioether (sulfide) groups is 1. The van der Waals surface area contributed by atoms with Crippen molar-refractivity contribution in [1.82, 2.24) is 10.2 Å². The number of nitrogens with one attached hydrogen (secondary N) is 1. The summed E-state index contributed by atoms with van der Waals surface area (Å²) in [6.07, 6.45) is 0. The Morgan fingerprint density at radius 1 is 0.970 bits per heavy atom. The fourth-order valence-corrected chi connectivity index (χ4v) is 5.61. The summed E-state index contributed by atoms with van der Waals surface area (Å²) < 4.78 is 0. The topological polar surface area (TPSA) is 69.7 Å². The summed E-state index contributed by atoms with van der Waals surface area (Å²) in [5, 5.41) is 2.78. The fourth-order valence-electron chi connectivity index (χ4n) is 4.44. The Labute approximate surface area is 196 Å². The highest BCUT2D eigenvalue weighted by molar-refractivity contribution is 7.99. The molecule has 0 aromatic heterocycles. The fraction of sp³-hybridized carbons (Fsp3) is 0.192. The van der Waals surface area contributed by atoms with E-state index in [4.69, 9.17) is 0 Å². The number of hydrogen-bond acceptors (Lipinski definition) is 4. The van der Waals surface area contributed by atoms with Crippen LogP contribution >= 0.6 is 11.8 Å². The standard InChI is InChI=1S/C26H23N3O3S/c1-26(19-12-6-3-7-13-19)24(31)28(25(32)27-26)16-23(30)29-20-14-8-9-15-22(20)33-17-21(29)18-10-4-2-5-11-18/h2-15,21H,16-17H2,1H3,(H,27,32)/t21-,26+/m0/s1. The van der Waals surface area contributed by atoms with Gasteiger partial charge >= 0.3 is 6.03 Å². The number of para-hydroxylation sites is 1. The largest absolute Gasteiger partial charge is 0.325 e. The molecule has 7 heteroatoms. The van der Waals surface area contributed by atoms with Crippen molar-refractivity contribution >= 4 is 35.3 Å². The third kappa shape index (κ3) is 3.68. The van der Waals surface area contributed by atoms with Crippen molar-refractivity contribution in [3.63, 3.8) is 0 Å². The number of carbonyl (C=O) groups is 3. The van der Waals surface area contributed by atoms with Crippen LogP contribution in [0.4, 0.5) is 10.5 Å². The summed E-state index contributed by atoms with van der Waals surface area (Å²) in [6.45, 7) is 1.35. The second kappa shape index (κ2) is 8.41. The van der Waals surface area contributed by atoms with E-state index in [9.17, 15) is 14.4 Å². The predicted octanol–water partition coefficient (Wildman–Crippen LogP) is 4.33. The molecule has 3 aromatic rings. The third-order valence-corrected chi connectivity index (χ3v) is 7.34. The van der Waals surface area contributed by atoms with Gasteiger partial charge in [0.15, 0.2) is 0 Å². The van der Waals surface area contributed by atoms with Gasteiger partial charge in [-0.3, -0.25) is 14.5 Å². The first-order valence-corrected chi connectivity index (χ1v) is 11.8. The second-order valence-corrected chi connectivity index (χ2v) is 9.34. The smallest absolute Gasteiger partial charge is 0.319 e. The zero-order valence-electron chi connectivity index (χ0n) is 18.1. The van der Waals surface area contributed by atoms with Gasteiger partial charge in [-0.05, 0) is 30.2 Å². The average molecular weight is 458 g/mol. The van der Waals surface area contributed by atoms with Crippen molar-refractivity contribution in [2.24, 2.45) is 0 Å². The second-order valence-electron chi connectivity index (χ2n) is 8.28. The number of anilines is 1. The Balaban J connectivity index is 1.46. The van der Waals surface area contributed by atoms with Crippen LogP contribution in [0, 0.1) is 0 Å². The number of amides is 4. The van der Waals surface area contributed by atoms with E-state index < -0.39 is 17.5 Å². The molecule has 5 rings (SSSR count). The monoisotopic (exact) mass is 457 g/mol. The number of benzene rings is 3. The van der Waals surface area contributed by atoms with E-state index in [1.165, 1.54) is 0 Å². The Hall–Kier alpha value is -3.58. The molecule has 0 unspecified atom stereocenters. The maximum Gasteiger partial charge on any atom is 0.325 e. The summed E-state index contributed by atoms with van der Waals surface area (Å²) in [4.78, 5) is 43.6. The molecule has 2 heterocycles. The molecule has 33 heavy (non-hydrogen) atoms. The average Bonchev–Trinajstić information content (AvgIpc) is 3.08. The molecule has 4 amide bonds. The number of carbonyl (C=O) groups excluding carboxylic acids is 3. The van der Waals surface area contributed by atoms with Crippen molar-refractivity contribution in [1.29, 1.82) is 0 Å². The zero-order chi connectivity index (χ0) is 23.0. The molecule has 0 bridgehead atoms. The SMILES string of the molecule is C[C@]1(c2ccccc2)NC(=O)N(CC(=O)N2c3ccccc3SC[C@H]2c2ccccc2)C1=O. The molecule has 1 N–H and O–H groups in total. The van der Waals surface area contributed by atoms with Gasteiger partial charge in [0, 0.05) is 10.6 Å². The van der Waals surface area contributed by atoms with Crippen LogP contribution in [-0.4, -0.2) is 35.0 Å². The minimum atomic E-state index is -1.20. The van der Waals surface area contributed by atoms with E-state index >= 15 is 0 Å². The molecule has 1 saturated heterocycles. The van der Waals surface area contributed by atoms with Crippen LogP contribution in [-0.2, 0) is 15.1 Å². The van der Waals surface area contributed by atoms with Gasteiger partial charge in [0.2, 0.25) is 5.91 Å². The van der Waals surface area contributed by atoms with Crippen LogP contribution in [0.2, 0.25) is 0 Å². The Morgan fingerprint density at radius 3 is 2.33 bits per heavy atom. The van der Waals surface area contributed by atoms with E-state index in [2.05, 4.69) is 5.32 Å². The van der Waals surface area contributed by atoms with Crippen molar-refractivity contribution in [3.8, 4) is 0 Å². The number of nitrogens with zero attached hydrogens (tertiary/aromatic N) is 2.